The van der Waals surface area contributed by atoms with E-state index in [0.29, 0.717) is 0 Å². The smallest absolute Gasteiger partial charge is 0.315 e. The maximum absolute atomic E-state index is 12.9. The third-order valence-corrected chi connectivity index (χ3v) is 5.57. The Morgan fingerprint density at radius 3 is 2.30 bits per heavy atom. The maximum atomic E-state index is 12.9. The monoisotopic (exact) mass is 425 g/mol. The number of aryl methyl sites for hydroxylation is 1. The maximum Gasteiger partial charge on any atom is 0.315 e. The number of amides is 3. The number of benzene rings is 2. The number of rotatable bonds is 8. The molecule has 0 aliphatic carbocycles. The summed E-state index contributed by atoms with van der Waals surface area (Å²) in [5.74, 6) is -0.616. The Hall–Kier alpha value is -3.19. The second-order valence-electron chi connectivity index (χ2n) is 6.77. The van der Waals surface area contributed by atoms with Gasteiger partial charge < -0.3 is 16.0 Å². The van der Waals surface area contributed by atoms with Gasteiger partial charge in [-0.1, -0.05) is 49.4 Å². The summed E-state index contributed by atoms with van der Waals surface area (Å²) >= 11 is 1.57. The van der Waals surface area contributed by atoms with Crippen molar-refractivity contribution in [2.45, 2.75) is 25.9 Å². The number of carbonyl (C=O) groups is 2. The average Bonchev–Trinajstić information content (AvgIpc) is 3.30. The second kappa shape index (κ2) is 10.5. The number of urea groups is 1. The Morgan fingerprint density at radius 1 is 0.967 bits per heavy atom. The first-order valence-electron chi connectivity index (χ1n) is 9.73. The summed E-state index contributed by atoms with van der Waals surface area (Å²) in [6.45, 7) is 2.19. The van der Waals surface area contributed by atoms with Gasteiger partial charge in [-0.15, -0.1) is 11.3 Å². The molecule has 0 spiro atoms. The standard InChI is InChI=1S/C23H24FN3O2S/c1-2-16-5-9-18(10-6-16)22(20-4-3-13-30-20)27-21(28)15-26-23(29)25-14-17-7-11-19(24)12-8-17/h3-13,22H,2,14-15H2,1H3,(H,27,28)(H2,25,26,29). The highest BCUT2D eigenvalue weighted by Gasteiger charge is 2.18. The molecule has 1 unspecified atom stereocenters. The lowest BCUT2D eigenvalue weighted by Crippen LogP contribution is -2.42. The summed E-state index contributed by atoms with van der Waals surface area (Å²) in [6, 6.07) is 17.2. The fourth-order valence-electron chi connectivity index (χ4n) is 2.94. The first-order valence-corrected chi connectivity index (χ1v) is 10.6. The van der Waals surface area contributed by atoms with Crippen LogP contribution in [0, 0.1) is 5.82 Å². The molecule has 3 amide bonds. The molecule has 3 N–H and O–H groups in total. The third kappa shape index (κ3) is 6.15. The van der Waals surface area contributed by atoms with Gasteiger partial charge in [0.15, 0.2) is 0 Å². The zero-order chi connectivity index (χ0) is 21.3. The van der Waals surface area contributed by atoms with E-state index in [1.54, 1.807) is 23.5 Å². The summed E-state index contributed by atoms with van der Waals surface area (Å²) in [6.07, 6.45) is 0.952. The van der Waals surface area contributed by atoms with Crippen molar-refractivity contribution in [1.82, 2.24) is 16.0 Å². The van der Waals surface area contributed by atoms with Crippen molar-refractivity contribution in [3.63, 3.8) is 0 Å². The molecule has 5 nitrogen and oxygen atoms in total. The van der Waals surface area contributed by atoms with Gasteiger partial charge >= 0.3 is 6.03 Å². The average molecular weight is 426 g/mol. The molecule has 3 rings (SSSR count). The Labute approximate surface area is 179 Å². The van der Waals surface area contributed by atoms with Crippen LogP contribution in [0.15, 0.2) is 66.0 Å². The minimum absolute atomic E-state index is 0.149. The normalized spacial score (nSPS) is 11.5. The molecule has 3 aromatic rings. The van der Waals surface area contributed by atoms with Crippen LogP contribution in [0.5, 0.6) is 0 Å². The number of carbonyl (C=O) groups excluding carboxylic acids is 2. The number of nitrogens with one attached hydrogen (secondary N) is 3. The fourth-order valence-corrected chi connectivity index (χ4v) is 3.74. The summed E-state index contributed by atoms with van der Waals surface area (Å²) in [7, 11) is 0. The lowest BCUT2D eigenvalue weighted by atomic mass is 10.0. The van der Waals surface area contributed by atoms with E-state index in [9.17, 15) is 14.0 Å². The predicted molar refractivity (Wildman–Crippen MR) is 117 cm³/mol. The van der Waals surface area contributed by atoms with Crippen molar-refractivity contribution in [1.29, 1.82) is 0 Å². The number of halogens is 1. The van der Waals surface area contributed by atoms with Crippen molar-refractivity contribution < 1.29 is 14.0 Å². The highest BCUT2D eigenvalue weighted by molar-refractivity contribution is 7.10. The Balaban J connectivity index is 1.53. The highest BCUT2D eigenvalue weighted by atomic mass is 32.1. The largest absolute Gasteiger partial charge is 0.343 e. The van der Waals surface area contributed by atoms with Crippen LogP contribution in [-0.2, 0) is 17.8 Å². The van der Waals surface area contributed by atoms with Crippen molar-refractivity contribution in [2.24, 2.45) is 0 Å². The molecule has 2 aromatic carbocycles. The fraction of sp³-hybridized carbons (Fsp3) is 0.217. The van der Waals surface area contributed by atoms with E-state index in [4.69, 9.17) is 0 Å². The lowest BCUT2D eigenvalue weighted by Gasteiger charge is -2.19. The van der Waals surface area contributed by atoms with E-state index in [2.05, 4.69) is 35.0 Å². The first kappa shape index (κ1) is 21.5. The second-order valence-corrected chi connectivity index (χ2v) is 7.75. The van der Waals surface area contributed by atoms with Gasteiger partial charge in [-0.3, -0.25) is 4.79 Å². The minimum Gasteiger partial charge on any atom is -0.343 e. The lowest BCUT2D eigenvalue weighted by molar-refractivity contribution is -0.120. The van der Waals surface area contributed by atoms with Crippen LogP contribution in [0.25, 0.3) is 0 Å². The van der Waals surface area contributed by atoms with Gasteiger partial charge in [0.1, 0.15) is 5.82 Å². The summed E-state index contributed by atoms with van der Waals surface area (Å²) in [5, 5.41) is 10.2. The van der Waals surface area contributed by atoms with E-state index in [0.717, 1.165) is 22.4 Å². The Bertz CT molecular complexity index is 957. The highest BCUT2D eigenvalue weighted by Crippen LogP contribution is 2.26. The molecule has 30 heavy (non-hydrogen) atoms. The quantitative estimate of drug-likeness (QED) is 0.507. The predicted octanol–water partition coefficient (Wildman–Crippen LogP) is 4.15. The molecule has 0 radical (unpaired) electrons. The van der Waals surface area contributed by atoms with E-state index in [1.165, 1.54) is 17.7 Å². The van der Waals surface area contributed by atoms with Crippen LogP contribution in [0.3, 0.4) is 0 Å². The van der Waals surface area contributed by atoms with Crippen LogP contribution >= 0.6 is 11.3 Å². The van der Waals surface area contributed by atoms with Crippen molar-refractivity contribution in [3.8, 4) is 0 Å². The van der Waals surface area contributed by atoms with Crippen LogP contribution in [-0.4, -0.2) is 18.5 Å². The van der Waals surface area contributed by atoms with Gasteiger partial charge in [0.2, 0.25) is 5.91 Å². The molecule has 0 bridgehead atoms. The molecule has 0 aliphatic rings. The van der Waals surface area contributed by atoms with E-state index >= 15 is 0 Å². The van der Waals surface area contributed by atoms with Gasteiger partial charge in [0.05, 0.1) is 12.6 Å². The van der Waals surface area contributed by atoms with Crippen LogP contribution < -0.4 is 16.0 Å². The van der Waals surface area contributed by atoms with Gasteiger partial charge in [-0.05, 0) is 46.7 Å². The summed E-state index contributed by atoms with van der Waals surface area (Å²) < 4.78 is 12.9. The molecular weight excluding hydrogens is 401 g/mol. The van der Waals surface area contributed by atoms with Gasteiger partial charge in [0, 0.05) is 11.4 Å². The van der Waals surface area contributed by atoms with Crippen molar-refractivity contribution in [2.75, 3.05) is 6.54 Å². The molecule has 0 aliphatic heterocycles. The van der Waals surface area contributed by atoms with Gasteiger partial charge in [-0.2, -0.15) is 0 Å². The number of thiophene rings is 1. The summed E-state index contributed by atoms with van der Waals surface area (Å²) in [4.78, 5) is 25.5. The van der Waals surface area contributed by atoms with Crippen molar-refractivity contribution >= 4 is 23.3 Å². The first-order chi connectivity index (χ1) is 14.5. The molecule has 156 valence electrons. The van der Waals surface area contributed by atoms with Crippen LogP contribution in [0.1, 0.15) is 34.5 Å². The van der Waals surface area contributed by atoms with Gasteiger partial charge in [0.25, 0.3) is 0 Å². The van der Waals surface area contributed by atoms with Gasteiger partial charge in [-0.25, -0.2) is 9.18 Å². The number of hydrogen-bond donors (Lipinski definition) is 3. The van der Waals surface area contributed by atoms with E-state index in [-0.39, 0.29) is 30.9 Å². The SMILES string of the molecule is CCc1ccc(C(NC(=O)CNC(=O)NCc2ccc(F)cc2)c2cccs2)cc1. The zero-order valence-electron chi connectivity index (χ0n) is 16.7. The number of hydrogen-bond acceptors (Lipinski definition) is 3. The molecule has 1 heterocycles. The molecule has 0 fully saturated rings. The zero-order valence-corrected chi connectivity index (χ0v) is 17.5. The van der Waals surface area contributed by atoms with E-state index in [1.807, 2.05) is 29.6 Å². The third-order valence-electron chi connectivity index (χ3n) is 4.63. The Kier molecular flexibility index (Phi) is 7.57. The molecule has 0 saturated heterocycles. The van der Waals surface area contributed by atoms with Crippen LogP contribution in [0.4, 0.5) is 9.18 Å². The molecule has 0 saturated carbocycles. The summed E-state index contributed by atoms with van der Waals surface area (Å²) in [5.41, 5.74) is 2.99. The topological polar surface area (TPSA) is 70.2 Å². The molecule has 7 heteroatoms. The van der Waals surface area contributed by atoms with E-state index < -0.39 is 6.03 Å². The molecule has 1 aromatic heterocycles. The van der Waals surface area contributed by atoms with Crippen molar-refractivity contribution in [3.05, 3.63) is 93.4 Å². The Morgan fingerprint density at radius 2 is 1.67 bits per heavy atom. The van der Waals surface area contributed by atoms with Crippen LogP contribution in [0.2, 0.25) is 0 Å². The minimum atomic E-state index is -0.463. The molecule has 1 atom stereocenters. The molecular formula is C23H24FN3O2S.